The fourth-order valence-electron chi connectivity index (χ4n) is 3.42. The van der Waals surface area contributed by atoms with Gasteiger partial charge in [0.2, 0.25) is 0 Å². The smallest absolute Gasteiger partial charge is 0.262 e. The third kappa shape index (κ3) is 3.94. The molecular weight excluding hydrogens is 392 g/mol. The third-order valence-corrected chi connectivity index (χ3v) is 6.13. The van der Waals surface area contributed by atoms with E-state index in [2.05, 4.69) is 0 Å². The molecule has 0 saturated heterocycles. The summed E-state index contributed by atoms with van der Waals surface area (Å²) in [4.78, 5) is 31.4. The van der Waals surface area contributed by atoms with Crippen LogP contribution in [0.1, 0.15) is 41.1 Å². The SMILES string of the molecule is CC(C)n1c(S[C@@H](C(=O)c2ccccc2)c2ccccc2)nc2ccccc2c1=O. The Morgan fingerprint density at radius 3 is 2.13 bits per heavy atom. The van der Waals surface area contributed by atoms with E-state index < -0.39 is 5.25 Å². The highest BCUT2D eigenvalue weighted by atomic mass is 32.2. The number of carbonyl (C=O) groups excluding carboxylic acids is 1. The number of ketones is 1. The number of aromatic nitrogens is 2. The van der Waals surface area contributed by atoms with Crippen molar-refractivity contribution in [1.29, 1.82) is 0 Å². The first-order valence-corrected chi connectivity index (χ1v) is 10.8. The Balaban J connectivity index is 1.86. The van der Waals surface area contributed by atoms with Crippen molar-refractivity contribution < 1.29 is 4.79 Å². The van der Waals surface area contributed by atoms with Crippen LogP contribution in [-0.2, 0) is 0 Å². The molecule has 1 aromatic heterocycles. The number of Topliss-reactive ketones (excluding diaryl/α,β-unsaturated/α-hetero) is 1. The zero-order chi connectivity index (χ0) is 21.1. The van der Waals surface area contributed by atoms with E-state index in [1.807, 2.05) is 92.7 Å². The largest absolute Gasteiger partial charge is 0.293 e. The molecule has 1 atom stereocenters. The van der Waals surface area contributed by atoms with Gasteiger partial charge >= 0.3 is 0 Å². The van der Waals surface area contributed by atoms with Crippen LogP contribution in [0.2, 0.25) is 0 Å². The van der Waals surface area contributed by atoms with E-state index in [0.29, 0.717) is 21.6 Å². The topological polar surface area (TPSA) is 52.0 Å². The number of rotatable bonds is 6. The van der Waals surface area contributed by atoms with Crippen LogP contribution in [0.4, 0.5) is 0 Å². The molecule has 4 aromatic rings. The Morgan fingerprint density at radius 1 is 0.867 bits per heavy atom. The lowest BCUT2D eigenvalue weighted by Crippen LogP contribution is -2.25. The number of fused-ring (bicyclic) bond motifs is 1. The molecule has 0 N–H and O–H groups in total. The second-order valence-electron chi connectivity index (χ2n) is 7.32. The highest BCUT2D eigenvalue weighted by Gasteiger charge is 2.26. The summed E-state index contributed by atoms with van der Waals surface area (Å²) in [5.41, 5.74) is 2.07. The molecule has 0 unspecified atom stereocenters. The second-order valence-corrected chi connectivity index (χ2v) is 8.39. The Labute approximate surface area is 179 Å². The van der Waals surface area contributed by atoms with Crippen molar-refractivity contribution in [3.05, 3.63) is 106 Å². The number of hydrogen-bond donors (Lipinski definition) is 0. The zero-order valence-corrected chi connectivity index (χ0v) is 17.7. The van der Waals surface area contributed by atoms with E-state index in [1.165, 1.54) is 11.8 Å². The summed E-state index contributed by atoms with van der Waals surface area (Å²) >= 11 is 1.33. The van der Waals surface area contributed by atoms with Gasteiger partial charge in [0, 0.05) is 11.6 Å². The average Bonchev–Trinajstić information content (AvgIpc) is 2.78. The zero-order valence-electron chi connectivity index (χ0n) is 16.9. The maximum atomic E-state index is 13.4. The third-order valence-electron chi connectivity index (χ3n) is 4.91. The monoisotopic (exact) mass is 414 g/mol. The van der Waals surface area contributed by atoms with Gasteiger partial charge in [0.1, 0.15) is 5.25 Å². The van der Waals surface area contributed by atoms with Crippen LogP contribution in [0.15, 0.2) is 94.9 Å². The van der Waals surface area contributed by atoms with Crippen molar-refractivity contribution in [1.82, 2.24) is 9.55 Å². The molecule has 0 aliphatic heterocycles. The molecule has 3 aromatic carbocycles. The van der Waals surface area contributed by atoms with E-state index in [1.54, 1.807) is 10.6 Å². The summed E-state index contributed by atoms with van der Waals surface area (Å²) < 4.78 is 1.68. The van der Waals surface area contributed by atoms with Gasteiger partial charge in [-0.25, -0.2) is 4.98 Å². The number of nitrogens with zero attached hydrogens (tertiary/aromatic N) is 2. The predicted molar refractivity (Wildman–Crippen MR) is 122 cm³/mol. The van der Waals surface area contributed by atoms with E-state index >= 15 is 0 Å². The molecule has 4 nitrogen and oxygen atoms in total. The lowest BCUT2D eigenvalue weighted by Gasteiger charge is -2.20. The van der Waals surface area contributed by atoms with Crippen molar-refractivity contribution in [3.63, 3.8) is 0 Å². The lowest BCUT2D eigenvalue weighted by atomic mass is 10.0. The van der Waals surface area contributed by atoms with Crippen LogP contribution < -0.4 is 5.56 Å². The molecule has 0 bridgehead atoms. The van der Waals surface area contributed by atoms with Crippen LogP contribution >= 0.6 is 11.8 Å². The van der Waals surface area contributed by atoms with Gasteiger partial charge in [0.25, 0.3) is 5.56 Å². The lowest BCUT2D eigenvalue weighted by molar-refractivity contribution is 0.0989. The number of hydrogen-bond acceptors (Lipinski definition) is 4. The summed E-state index contributed by atoms with van der Waals surface area (Å²) in [5.74, 6) is -0.00971. The van der Waals surface area contributed by atoms with Gasteiger partial charge in [-0.15, -0.1) is 0 Å². The molecule has 0 radical (unpaired) electrons. The van der Waals surface area contributed by atoms with Crippen molar-refractivity contribution in [2.24, 2.45) is 0 Å². The normalized spacial score (nSPS) is 12.2. The van der Waals surface area contributed by atoms with Crippen LogP contribution in [0, 0.1) is 0 Å². The maximum absolute atomic E-state index is 13.4. The summed E-state index contributed by atoms with van der Waals surface area (Å²) in [6, 6.07) is 26.2. The van der Waals surface area contributed by atoms with Crippen molar-refractivity contribution >= 4 is 28.4 Å². The molecule has 0 aliphatic carbocycles. The molecule has 0 spiro atoms. The fourth-order valence-corrected chi connectivity index (χ4v) is 4.73. The second kappa shape index (κ2) is 8.67. The Hall–Kier alpha value is -3.18. The number of carbonyl (C=O) groups is 1. The quantitative estimate of drug-likeness (QED) is 0.231. The van der Waals surface area contributed by atoms with Gasteiger partial charge in [0.05, 0.1) is 10.9 Å². The number of para-hydroxylation sites is 1. The first-order valence-electron chi connectivity index (χ1n) is 9.88. The standard InChI is InChI=1S/C25H22N2O2S/c1-17(2)27-24(29)20-15-9-10-16-21(20)26-25(27)30-23(19-13-7-4-8-14-19)22(28)18-11-5-3-6-12-18/h3-17,23H,1-2H3/t23-/m1/s1. The molecule has 5 heteroatoms. The molecule has 30 heavy (non-hydrogen) atoms. The highest BCUT2D eigenvalue weighted by Crippen LogP contribution is 2.37. The van der Waals surface area contributed by atoms with Gasteiger partial charge < -0.3 is 0 Å². The molecule has 4 rings (SSSR count). The van der Waals surface area contributed by atoms with E-state index in [0.717, 1.165) is 5.56 Å². The maximum Gasteiger partial charge on any atom is 0.262 e. The van der Waals surface area contributed by atoms with E-state index in [9.17, 15) is 9.59 Å². The Morgan fingerprint density at radius 2 is 1.47 bits per heavy atom. The van der Waals surface area contributed by atoms with Crippen LogP contribution in [0.25, 0.3) is 10.9 Å². The Bertz CT molecular complexity index is 1230. The number of thioether (sulfide) groups is 1. The first-order chi connectivity index (χ1) is 14.6. The molecular formula is C25H22N2O2S. The minimum absolute atomic E-state index is 0.00971. The van der Waals surface area contributed by atoms with Crippen LogP contribution in [0.3, 0.4) is 0 Å². The Kier molecular flexibility index (Phi) is 5.81. The minimum Gasteiger partial charge on any atom is -0.293 e. The van der Waals surface area contributed by atoms with Gasteiger partial charge in [-0.1, -0.05) is 84.6 Å². The highest BCUT2D eigenvalue weighted by molar-refractivity contribution is 8.00. The van der Waals surface area contributed by atoms with Crippen molar-refractivity contribution in [3.8, 4) is 0 Å². The van der Waals surface area contributed by atoms with E-state index in [4.69, 9.17) is 4.98 Å². The van der Waals surface area contributed by atoms with Crippen molar-refractivity contribution in [2.75, 3.05) is 0 Å². The molecule has 0 aliphatic rings. The average molecular weight is 415 g/mol. The summed E-state index contributed by atoms with van der Waals surface area (Å²) in [7, 11) is 0. The van der Waals surface area contributed by atoms with Gasteiger partial charge in [0.15, 0.2) is 10.9 Å². The van der Waals surface area contributed by atoms with E-state index in [-0.39, 0.29) is 17.4 Å². The molecule has 0 amide bonds. The fraction of sp³-hybridized carbons (Fsp3) is 0.160. The van der Waals surface area contributed by atoms with Crippen molar-refractivity contribution in [2.45, 2.75) is 30.3 Å². The number of benzene rings is 3. The predicted octanol–water partition coefficient (Wildman–Crippen LogP) is 5.69. The van der Waals surface area contributed by atoms with Gasteiger partial charge in [-0.3, -0.25) is 14.2 Å². The minimum atomic E-state index is -0.508. The molecule has 0 saturated carbocycles. The summed E-state index contributed by atoms with van der Waals surface area (Å²) in [5, 5.41) is 0.625. The van der Waals surface area contributed by atoms with Gasteiger partial charge in [-0.2, -0.15) is 0 Å². The molecule has 1 heterocycles. The van der Waals surface area contributed by atoms with Crippen LogP contribution in [0.5, 0.6) is 0 Å². The van der Waals surface area contributed by atoms with Crippen LogP contribution in [-0.4, -0.2) is 15.3 Å². The van der Waals surface area contributed by atoms with Gasteiger partial charge in [-0.05, 0) is 31.5 Å². The summed E-state index contributed by atoms with van der Waals surface area (Å²) in [6.07, 6.45) is 0. The summed E-state index contributed by atoms with van der Waals surface area (Å²) in [6.45, 7) is 3.91. The molecule has 150 valence electrons. The molecule has 0 fully saturated rings. The first kappa shape index (κ1) is 20.1.